The summed E-state index contributed by atoms with van der Waals surface area (Å²) in [5.41, 5.74) is 3.82. The van der Waals surface area contributed by atoms with Crippen molar-refractivity contribution in [1.29, 1.82) is 0 Å². The van der Waals surface area contributed by atoms with Crippen molar-refractivity contribution in [2.75, 3.05) is 0 Å². The fraction of sp³-hybridized carbons (Fsp3) is 0.381. The van der Waals surface area contributed by atoms with Crippen molar-refractivity contribution in [3.63, 3.8) is 0 Å². The van der Waals surface area contributed by atoms with Crippen LogP contribution in [-0.4, -0.2) is 22.0 Å². The molecule has 1 saturated heterocycles. The van der Waals surface area contributed by atoms with Crippen LogP contribution >= 0.6 is 11.6 Å². The fourth-order valence-electron chi connectivity index (χ4n) is 3.82. The van der Waals surface area contributed by atoms with E-state index in [-0.39, 0.29) is 0 Å². The SMILES string of the molecule is CC1CCCC(C)N1Cc1ccc2oc(-c3ccccc3Cl)nc2c1. The van der Waals surface area contributed by atoms with E-state index in [4.69, 9.17) is 16.0 Å². The van der Waals surface area contributed by atoms with E-state index in [1.54, 1.807) is 0 Å². The van der Waals surface area contributed by atoms with Gasteiger partial charge in [0, 0.05) is 18.6 Å². The third-order valence-corrected chi connectivity index (χ3v) is 5.63. The Kier molecular flexibility index (Phi) is 4.53. The number of rotatable bonds is 3. The zero-order valence-electron chi connectivity index (χ0n) is 14.7. The average Bonchev–Trinajstić information content (AvgIpc) is 3.01. The molecule has 2 aromatic carbocycles. The summed E-state index contributed by atoms with van der Waals surface area (Å²) in [5, 5.41) is 0.658. The van der Waals surface area contributed by atoms with Crippen molar-refractivity contribution in [1.82, 2.24) is 9.88 Å². The van der Waals surface area contributed by atoms with Crippen LogP contribution in [0, 0.1) is 0 Å². The summed E-state index contributed by atoms with van der Waals surface area (Å²) >= 11 is 6.27. The highest BCUT2D eigenvalue weighted by atomic mass is 35.5. The van der Waals surface area contributed by atoms with E-state index in [1.807, 2.05) is 30.3 Å². The average molecular weight is 355 g/mol. The third kappa shape index (κ3) is 3.31. The van der Waals surface area contributed by atoms with Gasteiger partial charge in [0.2, 0.25) is 5.89 Å². The van der Waals surface area contributed by atoms with E-state index in [0.717, 1.165) is 23.2 Å². The number of benzene rings is 2. The van der Waals surface area contributed by atoms with Crippen molar-refractivity contribution in [3.05, 3.63) is 53.1 Å². The first-order valence-electron chi connectivity index (χ1n) is 9.02. The first kappa shape index (κ1) is 16.6. The summed E-state index contributed by atoms with van der Waals surface area (Å²) < 4.78 is 5.91. The largest absolute Gasteiger partial charge is 0.436 e. The Balaban J connectivity index is 1.63. The number of piperidine rings is 1. The molecule has 25 heavy (non-hydrogen) atoms. The molecule has 0 saturated carbocycles. The van der Waals surface area contributed by atoms with Gasteiger partial charge in [0.15, 0.2) is 5.58 Å². The molecule has 1 aromatic heterocycles. The molecule has 4 heteroatoms. The van der Waals surface area contributed by atoms with Crippen LogP contribution in [0.15, 0.2) is 46.9 Å². The monoisotopic (exact) mass is 354 g/mol. The lowest BCUT2D eigenvalue weighted by Gasteiger charge is -2.39. The predicted molar refractivity (Wildman–Crippen MR) is 103 cm³/mol. The van der Waals surface area contributed by atoms with Crippen LogP contribution in [0.25, 0.3) is 22.6 Å². The smallest absolute Gasteiger partial charge is 0.228 e. The fourth-order valence-corrected chi connectivity index (χ4v) is 4.04. The number of aromatic nitrogens is 1. The third-order valence-electron chi connectivity index (χ3n) is 5.30. The molecule has 1 fully saturated rings. The first-order valence-corrected chi connectivity index (χ1v) is 9.40. The van der Waals surface area contributed by atoms with E-state index in [9.17, 15) is 0 Å². The summed E-state index contributed by atoms with van der Waals surface area (Å²) in [6.07, 6.45) is 3.91. The van der Waals surface area contributed by atoms with Gasteiger partial charge in [0.25, 0.3) is 0 Å². The normalized spacial score (nSPS) is 21.7. The van der Waals surface area contributed by atoms with Crippen LogP contribution in [0.1, 0.15) is 38.7 Å². The topological polar surface area (TPSA) is 29.3 Å². The minimum Gasteiger partial charge on any atom is -0.436 e. The van der Waals surface area contributed by atoms with Gasteiger partial charge < -0.3 is 4.42 Å². The van der Waals surface area contributed by atoms with Crippen molar-refractivity contribution in [2.45, 2.75) is 51.7 Å². The Morgan fingerprint density at radius 3 is 2.64 bits per heavy atom. The number of likely N-dealkylation sites (tertiary alicyclic amines) is 1. The van der Waals surface area contributed by atoms with Gasteiger partial charge in [0.05, 0.1) is 10.6 Å². The molecule has 130 valence electrons. The van der Waals surface area contributed by atoms with Gasteiger partial charge in [-0.2, -0.15) is 0 Å². The summed E-state index contributed by atoms with van der Waals surface area (Å²) in [6.45, 7) is 5.63. The Morgan fingerprint density at radius 2 is 1.88 bits per heavy atom. The summed E-state index contributed by atoms with van der Waals surface area (Å²) in [6, 6.07) is 15.2. The number of oxazole rings is 1. The molecule has 4 rings (SSSR count). The zero-order valence-corrected chi connectivity index (χ0v) is 15.5. The van der Waals surface area contributed by atoms with Gasteiger partial charge >= 0.3 is 0 Å². The second-order valence-electron chi connectivity index (χ2n) is 7.10. The lowest BCUT2D eigenvalue weighted by Crippen LogP contribution is -2.42. The molecule has 0 amide bonds. The van der Waals surface area contributed by atoms with Gasteiger partial charge in [-0.1, -0.05) is 36.2 Å². The van der Waals surface area contributed by atoms with Gasteiger partial charge in [-0.25, -0.2) is 4.98 Å². The molecule has 1 aliphatic heterocycles. The number of fused-ring (bicyclic) bond motifs is 1. The molecular weight excluding hydrogens is 332 g/mol. The second kappa shape index (κ2) is 6.81. The number of hydrogen-bond acceptors (Lipinski definition) is 3. The molecule has 0 N–H and O–H groups in total. The summed E-state index contributed by atoms with van der Waals surface area (Å²) in [5.74, 6) is 0.581. The maximum Gasteiger partial charge on any atom is 0.228 e. The second-order valence-corrected chi connectivity index (χ2v) is 7.51. The standard InChI is InChI=1S/C21H23ClN2O/c1-14-6-5-7-15(2)24(14)13-16-10-11-20-19(12-16)23-21(25-20)17-8-3-4-9-18(17)22/h3-4,8-12,14-15H,5-7,13H2,1-2H3. The van der Waals surface area contributed by atoms with E-state index < -0.39 is 0 Å². The first-order chi connectivity index (χ1) is 12.1. The van der Waals surface area contributed by atoms with E-state index in [1.165, 1.54) is 24.8 Å². The number of halogens is 1. The van der Waals surface area contributed by atoms with Crippen LogP contribution in [-0.2, 0) is 6.54 Å². The molecule has 0 spiro atoms. The lowest BCUT2D eigenvalue weighted by molar-refractivity contribution is 0.0953. The lowest BCUT2D eigenvalue weighted by atomic mass is 9.97. The van der Waals surface area contributed by atoms with Crippen LogP contribution in [0.2, 0.25) is 5.02 Å². The molecule has 0 bridgehead atoms. The predicted octanol–water partition coefficient (Wildman–Crippen LogP) is 5.91. The van der Waals surface area contributed by atoms with Crippen LogP contribution in [0.4, 0.5) is 0 Å². The Labute approximate surface area is 153 Å². The van der Waals surface area contributed by atoms with Gasteiger partial charge in [-0.3, -0.25) is 4.90 Å². The van der Waals surface area contributed by atoms with Crippen LogP contribution < -0.4 is 0 Å². The van der Waals surface area contributed by atoms with Crippen LogP contribution in [0.3, 0.4) is 0 Å². The number of nitrogens with zero attached hydrogens (tertiary/aromatic N) is 2. The minimum atomic E-state index is 0.581. The molecule has 2 heterocycles. The molecule has 3 nitrogen and oxygen atoms in total. The minimum absolute atomic E-state index is 0.581. The molecule has 2 unspecified atom stereocenters. The van der Waals surface area contributed by atoms with E-state index in [2.05, 4.69) is 35.9 Å². The number of hydrogen-bond donors (Lipinski definition) is 0. The summed E-state index contributed by atoms with van der Waals surface area (Å²) in [7, 11) is 0. The van der Waals surface area contributed by atoms with Crippen molar-refractivity contribution in [2.24, 2.45) is 0 Å². The van der Waals surface area contributed by atoms with E-state index >= 15 is 0 Å². The van der Waals surface area contributed by atoms with Crippen molar-refractivity contribution >= 4 is 22.7 Å². The molecule has 2 atom stereocenters. The summed E-state index contributed by atoms with van der Waals surface area (Å²) in [4.78, 5) is 7.26. The Morgan fingerprint density at radius 1 is 1.12 bits per heavy atom. The van der Waals surface area contributed by atoms with Crippen molar-refractivity contribution in [3.8, 4) is 11.5 Å². The Hall–Kier alpha value is -1.84. The Bertz CT molecular complexity index is 878. The quantitative estimate of drug-likeness (QED) is 0.585. The molecule has 1 aliphatic rings. The van der Waals surface area contributed by atoms with Gasteiger partial charge in [-0.15, -0.1) is 0 Å². The highest BCUT2D eigenvalue weighted by molar-refractivity contribution is 6.33. The molecule has 0 radical (unpaired) electrons. The van der Waals surface area contributed by atoms with Crippen molar-refractivity contribution < 1.29 is 4.42 Å². The van der Waals surface area contributed by atoms with Gasteiger partial charge in [-0.05, 0) is 56.5 Å². The molecule has 0 aliphatic carbocycles. The van der Waals surface area contributed by atoms with Gasteiger partial charge in [0.1, 0.15) is 5.52 Å². The van der Waals surface area contributed by atoms with Crippen LogP contribution in [0.5, 0.6) is 0 Å². The van der Waals surface area contributed by atoms with E-state index in [0.29, 0.717) is 23.0 Å². The maximum absolute atomic E-state index is 6.27. The maximum atomic E-state index is 6.27. The highest BCUT2D eigenvalue weighted by Crippen LogP contribution is 2.31. The molecular formula is C21H23ClN2O. The highest BCUT2D eigenvalue weighted by Gasteiger charge is 2.24. The molecule has 3 aromatic rings. The zero-order chi connectivity index (χ0) is 17.4.